The number of hydrogen-bond acceptors (Lipinski definition) is 6. The number of rotatable bonds is 48. The van der Waals surface area contributed by atoms with Crippen LogP contribution in [0, 0.1) is 11.8 Å². The first kappa shape index (κ1) is 58.4. The van der Waals surface area contributed by atoms with Crippen LogP contribution in [0.1, 0.15) is 298 Å². The van der Waals surface area contributed by atoms with Crippen molar-refractivity contribution in [3.63, 3.8) is 0 Å². The molecule has 0 heterocycles. The van der Waals surface area contributed by atoms with Gasteiger partial charge in [-0.05, 0) is 31.1 Å². The fraction of sp³-hybridized carbons (Fsp3) is 0.944. The summed E-state index contributed by atoms with van der Waals surface area (Å²) in [6, 6.07) is 0. The fourth-order valence-electron chi connectivity index (χ4n) is 8.13. The lowest BCUT2D eigenvalue weighted by molar-refractivity contribution is -0.167. The molecule has 0 radical (unpaired) electrons. The van der Waals surface area contributed by atoms with Crippen molar-refractivity contribution in [2.45, 2.75) is 304 Å². The van der Waals surface area contributed by atoms with Crippen LogP contribution in [0.4, 0.5) is 0 Å². The Morgan fingerprint density at radius 1 is 0.350 bits per heavy atom. The van der Waals surface area contributed by atoms with E-state index in [9.17, 15) is 14.4 Å². The predicted molar refractivity (Wildman–Crippen MR) is 256 cm³/mol. The van der Waals surface area contributed by atoms with Crippen molar-refractivity contribution in [2.24, 2.45) is 11.8 Å². The molecular weight excluding hydrogens is 745 g/mol. The van der Waals surface area contributed by atoms with Gasteiger partial charge in [0.2, 0.25) is 0 Å². The van der Waals surface area contributed by atoms with Gasteiger partial charge in [-0.15, -0.1) is 0 Å². The molecule has 0 rings (SSSR count). The third kappa shape index (κ3) is 45.9. The molecule has 0 saturated heterocycles. The van der Waals surface area contributed by atoms with Gasteiger partial charge in [-0.25, -0.2) is 0 Å². The van der Waals surface area contributed by atoms with Crippen molar-refractivity contribution >= 4 is 17.9 Å². The maximum Gasteiger partial charge on any atom is 0.306 e. The summed E-state index contributed by atoms with van der Waals surface area (Å²) in [6.07, 6.45) is 48.0. The minimum Gasteiger partial charge on any atom is -0.462 e. The van der Waals surface area contributed by atoms with Crippen LogP contribution in [0.15, 0.2) is 0 Å². The van der Waals surface area contributed by atoms with Crippen molar-refractivity contribution in [3.8, 4) is 0 Å². The summed E-state index contributed by atoms with van der Waals surface area (Å²) in [5.74, 6) is 0.846. The molecule has 0 aliphatic carbocycles. The SMILES string of the molecule is CCCCCCCCCCCCCCCC(=O)O[C@@H](COC(=O)CCCCCCCCCCCCCCCCC(C)C)COC(=O)CCCCCCCCCCC(C)CC. The second-order valence-electron chi connectivity index (χ2n) is 19.2. The first-order valence-corrected chi connectivity index (χ1v) is 26.8. The molecule has 6 heteroatoms. The maximum atomic E-state index is 12.8. The standard InChI is InChI=1S/C54H104O6/c1-6-8-9-10-11-12-13-16-21-24-31-36-41-46-54(57)60-51(48-59-53(56)45-40-35-30-26-25-28-33-38-43-50(5)7-2)47-58-52(55)44-39-34-29-23-20-18-15-14-17-19-22-27-32-37-42-49(3)4/h49-51H,6-48H2,1-5H3/t50?,51-/m0/s1. The van der Waals surface area contributed by atoms with Crippen molar-refractivity contribution in [2.75, 3.05) is 13.2 Å². The van der Waals surface area contributed by atoms with Crippen LogP contribution in [0.25, 0.3) is 0 Å². The average Bonchev–Trinajstić information content (AvgIpc) is 3.23. The molecule has 6 nitrogen and oxygen atoms in total. The van der Waals surface area contributed by atoms with E-state index in [-0.39, 0.29) is 31.1 Å². The van der Waals surface area contributed by atoms with Crippen molar-refractivity contribution in [1.29, 1.82) is 0 Å². The summed E-state index contributed by atoms with van der Waals surface area (Å²) in [5.41, 5.74) is 0. The zero-order valence-electron chi connectivity index (χ0n) is 41.1. The lowest BCUT2D eigenvalue weighted by Gasteiger charge is -2.18. The van der Waals surface area contributed by atoms with E-state index in [1.165, 1.54) is 186 Å². The Bertz CT molecular complexity index is 918. The van der Waals surface area contributed by atoms with Crippen LogP contribution in [0.2, 0.25) is 0 Å². The number of esters is 3. The van der Waals surface area contributed by atoms with Crippen LogP contribution in [0.3, 0.4) is 0 Å². The van der Waals surface area contributed by atoms with E-state index in [1.807, 2.05) is 0 Å². The molecule has 0 amide bonds. The third-order valence-corrected chi connectivity index (χ3v) is 12.6. The maximum absolute atomic E-state index is 12.8. The van der Waals surface area contributed by atoms with E-state index in [0.29, 0.717) is 19.3 Å². The van der Waals surface area contributed by atoms with E-state index < -0.39 is 6.10 Å². The Kier molecular flexibility index (Phi) is 45.7. The average molecular weight is 849 g/mol. The second-order valence-corrected chi connectivity index (χ2v) is 19.2. The molecule has 0 fully saturated rings. The van der Waals surface area contributed by atoms with Gasteiger partial charge in [-0.2, -0.15) is 0 Å². The molecular formula is C54H104O6. The molecule has 0 aliphatic rings. The topological polar surface area (TPSA) is 78.9 Å². The number of hydrogen-bond donors (Lipinski definition) is 0. The van der Waals surface area contributed by atoms with Crippen molar-refractivity contribution in [1.82, 2.24) is 0 Å². The van der Waals surface area contributed by atoms with E-state index in [0.717, 1.165) is 69.6 Å². The Morgan fingerprint density at radius 2 is 0.633 bits per heavy atom. The van der Waals surface area contributed by atoms with Crippen LogP contribution < -0.4 is 0 Å². The molecule has 0 aromatic rings. The highest BCUT2D eigenvalue weighted by Gasteiger charge is 2.19. The van der Waals surface area contributed by atoms with Crippen molar-refractivity contribution < 1.29 is 28.6 Å². The Hall–Kier alpha value is -1.59. The molecule has 0 saturated carbocycles. The lowest BCUT2D eigenvalue weighted by Crippen LogP contribution is -2.30. The predicted octanol–water partition coefficient (Wildman–Crippen LogP) is 17.3. The summed E-state index contributed by atoms with van der Waals surface area (Å²) in [4.78, 5) is 38.0. The number of ether oxygens (including phenoxy) is 3. The molecule has 2 atom stereocenters. The number of carbonyl (C=O) groups is 3. The molecule has 60 heavy (non-hydrogen) atoms. The van der Waals surface area contributed by atoms with Crippen LogP contribution in [-0.2, 0) is 28.6 Å². The zero-order valence-corrected chi connectivity index (χ0v) is 41.1. The van der Waals surface area contributed by atoms with Crippen LogP contribution >= 0.6 is 0 Å². The molecule has 0 N–H and O–H groups in total. The second kappa shape index (κ2) is 46.9. The van der Waals surface area contributed by atoms with Gasteiger partial charge >= 0.3 is 17.9 Å². The lowest BCUT2D eigenvalue weighted by atomic mass is 9.99. The van der Waals surface area contributed by atoms with Gasteiger partial charge < -0.3 is 14.2 Å². The minimum absolute atomic E-state index is 0.0635. The third-order valence-electron chi connectivity index (χ3n) is 12.6. The Morgan fingerprint density at radius 3 is 0.950 bits per heavy atom. The van der Waals surface area contributed by atoms with Gasteiger partial charge in [0.05, 0.1) is 0 Å². The first-order valence-electron chi connectivity index (χ1n) is 26.8. The smallest absolute Gasteiger partial charge is 0.306 e. The van der Waals surface area contributed by atoms with Crippen LogP contribution in [-0.4, -0.2) is 37.2 Å². The largest absolute Gasteiger partial charge is 0.462 e. The first-order chi connectivity index (χ1) is 29.3. The molecule has 0 aromatic heterocycles. The van der Waals surface area contributed by atoms with Crippen LogP contribution in [0.5, 0.6) is 0 Å². The summed E-state index contributed by atoms with van der Waals surface area (Å²) >= 11 is 0. The molecule has 0 aromatic carbocycles. The van der Waals surface area contributed by atoms with Gasteiger partial charge in [-0.3, -0.25) is 14.4 Å². The quantitative estimate of drug-likeness (QED) is 0.0345. The molecule has 0 spiro atoms. The summed E-state index contributed by atoms with van der Waals surface area (Å²) < 4.78 is 16.8. The van der Waals surface area contributed by atoms with Crippen molar-refractivity contribution in [3.05, 3.63) is 0 Å². The normalized spacial score (nSPS) is 12.5. The van der Waals surface area contributed by atoms with Gasteiger partial charge in [0, 0.05) is 19.3 Å². The molecule has 356 valence electrons. The molecule has 0 aliphatic heterocycles. The highest BCUT2D eigenvalue weighted by Crippen LogP contribution is 2.18. The Labute approximate surface area is 374 Å². The van der Waals surface area contributed by atoms with Gasteiger partial charge in [0.1, 0.15) is 13.2 Å². The fourth-order valence-corrected chi connectivity index (χ4v) is 8.13. The Balaban J connectivity index is 4.30. The minimum atomic E-state index is -0.762. The monoisotopic (exact) mass is 849 g/mol. The molecule has 0 bridgehead atoms. The van der Waals surface area contributed by atoms with Gasteiger partial charge in [0.25, 0.3) is 0 Å². The summed E-state index contributed by atoms with van der Waals surface area (Å²) in [7, 11) is 0. The molecule has 1 unspecified atom stereocenters. The zero-order chi connectivity index (χ0) is 44.0. The summed E-state index contributed by atoms with van der Waals surface area (Å²) in [5, 5.41) is 0. The number of carbonyl (C=O) groups excluding carboxylic acids is 3. The number of unbranched alkanes of at least 4 members (excludes halogenated alkanes) is 32. The van der Waals surface area contributed by atoms with Gasteiger partial charge in [-0.1, -0.05) is 259 Å². The van der Waals surface area contributed by atoms with E-state index in [2.05, 4.69) is 34.6 Å². The van der Waals surface area contributed by atoms with E-state index in [4.69, 9.17) is 14.2 Å². The van der Waals surface area contributed by atoms with Gasteiger partial charge in [0.15, 0.2) is 6.10 Å². The van der Waals surface area contributed by atoms with E-state index in [1.54, 1.807) is 0 Å². The highest BCUT2D eigenvalue weighted by atomic mass is 16.6. The highest BCUT2D eigenvalue weighted by molar-refractivity contribution is 5.71. The van der Waals surface area contributed by atoms with E-state index >= 15 is 0 Å². The summed E-state index contributed by atoms with van der Waals surface area (Å²) in [6.45, 7) is 11.4.